The third-order valence-corrected chi connectivity index (χ3v) is 9.10. The summed E-state index contributed by atoms with van der Waals surface area (Å²) in [7, 11) is 1.66. The van der Waals surface area contributed by atoms with Crippen molar-refractivity contribution in [2.45, 2.75) is 63.6 Å². The molecule has 2 amide bonds. The topological polar surface area (TPSA) is 86.3 Å². The van der Waals surface area contributed by atoms with Crippen molar-refractivity contribution in [3.05, 3.63) is 95.6 Å². The Bertz CT molecular complexity index is 1430. The van der Waals surface area contributed by atoms with Crippen LogP contribution in [0.1, 0.15) is 49.5 Å². The molecule has 6 rings (SSSR count). The Kier molecular flexibility index (Phi) is 8.30. The number of nitrogens with one attached hydrogen (secondary N) is 1. The minimum atomic E-state index is -0.740. The van der Waals surface area contributed by atoms with Gasteiger partial charge in [0.15, 0.2) is 0 Å². The maximum atomic E-state index is 14.0. The normalized spacial score (nSPS) is 24.3. The smallest absolute Gasteiger partial charge is 0.408 e. The van der Waals surface area contributed by atoms with E-state index in [1.54, 1.807) is 7.11 Å². The minimum Gasteiger partial charge on any atom is -0.497 e. The van der Waals surface area contributed by atoms with Crippen molar-refractivity contribution in [3.63, 3.8) is 0 Å². The maximum absolute atomic E-state index is 14.0. The van der Waals surface area contributed by atoms with Crippen molar-refractivity contribution in [3.8, 4) is 11.5 Å². The van der Waals surface area contributed by atoms with Crippen molar-refractivity contribution in [2.24, 2.45) is 11.8 Å². The molecule has 3 heterocycles. The Hall–Kier alpha value is -4.04. The van der Waals surface area contributed by atoms with Crippen molar-refractivity contribution in [1.29, 1.82) is 0 Å². The second-order valence-electron chi connectivity index (χ2n) is 12.3. The van der Waals surface area contributed by atoms with Crippen LogP contribution in [-0.4, -0.2) is 54.8 Å². The van der Waals surface area contributed by atoms with E-state index in [0.717, 1.165) is 41.0 Å². The van der Waals surface area contributed by atoms with Gasteiger partial charge in [-0.25, -0.2) is 4.79 Å². The van der Waals surface area contributed by atoms with E-state index in [9.17, 15) is 9.59 Å². The van der Waals surface area contributed by atoms with E-state index in [1.165, 1.54) is 0 Å². The zero-order valence-electron chi connectivity index (χ0n) is 25.0. The van der Waals surface area contributed by atoms with E-state index in [-0.39, 0.29) is 36.6 Å². The molecule has 3 aliphatic rings. The summed E-state index contributed by atoms with van der Waals surface area (Å²) in [6.45, 7) is 5.51. The van der Waals surface area contributed by atoms with E-state index < -0.39 is 17.7 Å². The number of piperidine rings is 1. The van der Waals surface area contributed by atoms with Gasteiger partial charge in [0.05, 0.1) is 19.3 Å². The number of hydrogen-bond acceptors (Lipinski definition) is 6. The molecule has 0 aromatic heterocycles. The van der Waals surface area contributed by atoms with E-state index in [4.69, 9.17) is 18.9 Å². The van der Waals surface area contributed by atoms with Gasteiger partial charge in [0.25, 0.3) is 0 Å². The lowest BCUT2D eigenvalue weighted by Gasteiger charge is -2.53. The lowest BCUT2D eigenvalue weighted by atomic mass is 9.70. The van der Waals surface area contributed by atoms with Gasteiger partial charge in [-0.1, -0.05) is 60.7 Å². The van der Waals surface area contributed by atoms with Crippen LogP contribution in [0, 0.1) is 11.8 Å². The van der Waals surface area contributed by atoms with Gasteiger partial charge in [0, 0.05) is 43.0 Å². The molecule has 8 heteroatoms. The number of alkyl carbamates (subject to hydrolysis) is 1. The molecule has 0 saturated carbocycles. The summed E-state index contributed by atoms with van der Waals surface area (Å²) in [5, 5.41) is 2.87. The van der Waals surface area contributed by atoms with E-state index in [1.807, 2.05) is 77.7 Å². The van der Waals surface area contributed by atoms with Gasteiger partial charge in [-0.3, -0.25) is 4.79 Å². The van der Waals surface area contributed by atoms with Gasteiger partial charge < -0.3 is 29.2 Å². The summed E-state index contributed by atoms with van der Waals surface area (Å²) >= 11 is 0. The highest BCUT2D eigenvalue weighted by Gasteiger charge is 2.52. The summed E-state index contributed by atoms with van der Waals surface area (Å²) in [4.78, 5) is 28.7. The van der Waals surface area contributed by atoms with Gasteiger partial charge in [-0.15, -0.1) is 0 Å². The van der Waals surface area contributed by atoms with Crippen LogP contribution in [0.3, 0.4) is 0 Å². The number of benzene rings is 3. The van der Waals surface area contributed by atoms with Crippen LogP contribution in [0.2, 0.25) is 0 Å². The Morgan fingerprint density at radius 1 is 1.02 bits per heavy atom. The molecule has 3 aromatic carbocycles. The summed E-state index contributed by atoms with van der Waals surface area (Å²) in [6.07, 6.45) is 1.38. The third kappa shape index (κ3) is 6.34. The molecule has 0 aliphatic carbocycles. The summed E-state index contributed by atoms with van der Waals surface area (Å²) in [6, 6.07) is 24.5. The summed E-state index contributed by atoms with van der Waals surface area (Å²) in [5.41, 5.74) is 2.47. The van der Waals surface area contributed by atoms with Gasteiger partial charge in [-0.05, 0) is 49.9 Å². The first kappa shape index (κ1) is 29.1. The molecule has 43 heavy (non-hydrogen) atoms. The SMILES string of the molecule is COc1ccc2c(c1)OC(C)(C)[C@@H]1C[C@H]3CN(C(=O)[C@H](Cc4ccccc4)NC(=O)OCc4ccccc4)CC[C@H]3O[C@@H]21. The van der Waals surface area contributed by atoms with E-state index in [0.29, 0.717) is 19.5 Å². The fourth-order valence-corrected chi connectivity index (χ4v) is 6.79. The quantitative estimate of drug-likeness (QED) is 0.384. The second kappa shape index (κ2) is 12.3. The second-order valence-corrected chi connectivity index (χ2v) is 12.3. The van der Waals surface area contributed by atoms with E-state index in [2.05, 4.69) is 25.2 Å². The van der Waals surface area contributed by atoms with Crippen LogP contribution >= 0.6 is 0 Å². The van der Waals surface area contributed by atoms with Crippen molar-refractivity contribution in [2.75, 3.05) is 20.2 Å². The predicted molar refractivity (Wildman–Crippen MR) is 162 cm³/mol. The molecule has 8 nitrogen and oxygen atoms in total. The molecule has 0 bridgehead atoms. The molecule has 3 aromatic rings. The van der Waals surface area contributed by atoms with Crippen LogP contribution in [0.5, 0.6) is 11.5 Å². The van der Waals surface area contributed by atoms with Crippen LogP contribution in [0.4, 0.5) is 4.79 Å². The van der Waals surface area contributed by atoms with Gasteiger partial charge >= 0.3 is 6.09 Å². The largest absolute Gasteiger partial charge is 0.497 e. The number of hydrogen-bond donors (Lipinski definition) is 1. The first-order valence-corrected chi connectivity index (χ1v) is 15.1. The highest BCUT2D eigenvalue weighted by atomic mass is 16.5. The minimum absolute atomic E-state index is 0.0468. The summed E-state index contributed by atoms with van der Waals surface area (Å²) in [5.74, 6) is 1.78. The number of likely N-dealkylation sites (tertiary alicyclic amines) is 1. The highest BCUT2D eigenvalue weighted by molar-refractivity contribution is 5.86. The molecule has 0 radical (unpaired) electrons. The first-order valence-electron chi connectivity index (χ1n) is 15.1. The number of carbonyl (C=O) groups excluding carboxylic acids is 2. The lowest BCUT2D eigenvalue weighted by molar-refractivity contribution is -0.189. The fourth-order valence-electron chi connectivity index (χ4n) is 6.79. The predicted octanol–water partition coefficient (Wildman–Crippen LogP) is 5.70. The Labute approximate surface area is 253 Å². The zero-order chi connectivity index (χ0) is 30.0. The van der Waals surface area contributed by atoms with Crippen LogP contribution < -0.4 is 14.8 Å². The van der Waals surface area contributed by atoms with Gasteiger partial charge in [-0.2, -0.15) is 0 Å². The molecule has 0 spiro atoms. The molecule has 1 N–H and O–H groups in total. The average molecular weight is 585 g/mol. The Morgan fingerprint density at radius 2 is 1.74 bits per heavy atom. The molecular formula is C35H40N2O6. The number of ether oxygens (including phenoxy) is 4. The molecule has 0 unspecified atom stereocenters. The monoisotopic (exact) mass is 584 g/mol. The zero-order valence-corrected chi connectivity index (χ0v) is 25.0. The fraction of sp³-hybridized carbons (Fsp3) is 0.429. The van der Waals surface area contributed by atoms with Crippen molar-refractivity contribution < 1.29 is 28.5 Å². The number of nitrogens with zero attached hydrogens (tertiary/aromatic N) is 1. The molecule has 3 aliphatic heterocycles. The standard InChI is InChI=1S/C35H40N2O6/c1-35(2)28-19-25-21-37(17-16-30(25)42-32(28)27-15-14-26(40-3)20-31(27)43-35)33(38)29(18-23-10-6-4-7-11-23)36-34(39)41-22-24-12-8-5-9-13-24/h4-15,20,25,28-30,32H,16-19,21-22H2,1-3H3,(H,36,39)/t25-,28+,29-,30+,32-/m0/s1. The number of amides is 2. The third-order valence-electron chi connectivity index (χ3n) is 9.10. The van der Waals surface area contributed by atoms with E-state index >= 15 is 0 Å². The van der Waals surface area contributed by atoms with Gasteiger partial charge in [0.2, 0.25) is 5.91 Å². The van der Waals surface area contributed by atoms with Crippen molar-refractivity contribution in [1.82, 2.24) is 10.2 Å². The number of fused-ring (bicyclic) bond motifs is 4. The van der Waals surface area contributed by atoms with Crippen molar-refractivity contribution >= 4 is 12.0 Å². The Morgan fingerprint density at radius 3 is 2.47 bits per heavy atom. The van der Waals surface area contributed by atoms with Gasteiger partial charge in [0.1, 0.15) is 29.7 Å². The Balaban J connectivity index is 1.15. The van der Waals surface area contributed by atoms with Crippen LogP contribution in [0.25, 0.3) is 0 Å². The molecule has 226 valence electrons. The molecular weight excluding hydrogens is 544 g/mol. The number of carbonyl (C=O) groups is 2. The summed E-state index contributed by atoms with van der Waals surface area (Å²) < 4.78 is 24.2. The highest BCUT2D eigenvalue weighted by Crippen LogP contribution is 2.53. The molecule has 2 fully saturated rings. The number of methoxy groups -OCH3 is 1. The lowest BCUT2D eigenvalue weighted by Crippen LogP contribution is -2.58. The average Bonchev–Trinajstić information content (AvgIpc) is 3.02. The van der Waals surface area contributed by atoms with Crippen LogP contribution in [-0.2, 0) is 27.3 Å². The maximum Gasteiger partial charge on any atom is 0.408 e. The van der Waals surface area contributed by atoms with Crippen LogP contribution in [0.15, 0.2) is 78.9 Å². The number of rotatable bonds is 7. The first-order chi connectivity index (χ1) is 20.8. The molecule has 2 saturated heterocycles. The molecule has 5 atom stereocenters.